The number of ether oxygens (including phenoxy) is 1. The quantitative estimate of drug-likeness (QED) is 0.331. The summed E-state index contributed by atoms with van der Waals surface area (Å²) in [5.41, 5.74) is 4.56. The van der Waals surface area contributed by atoms with Crippen LogP contribution >= 0.6 is 23.2 Å². The van der Waals surface area contributed by atoms with E-state index in [1.165, 1.54) is 0 Å². The minimum atomic E-state index is -0.654. The second-order valence-corrected chi connectivity index (χ2v) is 9.65. The van der Waals surface area contributed by atoms with Crippen molar-refractivity contribution >= 4 is 29.0 Å². The van der Waals surface area contributed by atoms with E-state index in [1.807, 2.05) is 26.0 Å². The highest BCUT2D eigenvalue weighted by Crippen LogP contribution is 2.41. The first kappa shape index (κ1) is 25.4. The van der Waals surface area contributed by atoms with Gasteiger partial charge in [0.25, 0.3) is 0 Å². The monoisotopic (exact) mass is 540 g/mol. The third-order valence-corrected chi connectivity index (χ3v) is 6.83. The van der Waals surface area contributed by atoms with Gasteiger partial charge in [0.2, 0.25) is 0 Å². The summed E-state index contributed by atoms with van der Waals surface area (Å²) in [6.45, 7) is 5.38. The number of pyridine rings is 1. The lowest BCUT2D eigenvalue weighted by molar-refractivity contribution is 0.108. The highest BCUT2D eigenvalue weighted by Gasteiger charge is 2.28. The number of halogens is 2. The summed E-state index contributed by atoms with van der Waals surface area (Å²) in [7, 11) is 1.77. The summed E-state index contributed by atoms with van der Waals surface area (Å²) in [6.07, 6.45) is 1.13. The number of aliphatic hydroxyl groups excluding tert-OH is 1. The van der Waals surface area contributed by atoms with Crippen molar-refractivity contribution < 1.29 is 14.4 Å². The number of rotatable bonds is 8. The fourth-order valence-corrected chi connectivity index (χ4v) is 4.85. The van der Waals surface area contributed by atoms with Gasteiger partial charge in [0.15, 0.2) is 11.6 Å². The van der Waals surface area contributed by atoms with Crippen molar-refractivity contribution in [1.82, 2.24) is 25.4 Å². The van der Waals surface area contributed by atoms with Crippen molar-refractivity contribution in [2.24, 2.45) is 0 Å². The van der Waals surface area contributed by atoms with E-state index in [4.69, 9.17) is 42.4 Å². The summed E-state index contributed by atoms with van der Waals surface area (Å²) in [5.74, 6) is 2.07. The zero-order valence-electron chi connectivity index (χ0n) is 20.6. The van der Waals surface area contributed by atoms with Crippen molar-refractivity contribution in [2.45, 2.75) is 33.0 Å². The SMILES string of the molecule is CNCC(O)COc1ccc(Cl)c(-c2nc(-c3c(C)noc3C)c(Cl)c(N3Cc4cccnc4C3)n2)c1. The van der Waals surface area contributed by atoms with E-state index in [1.54, 1.807) is 31.4 Å². The lowest BCUT2D eigenvalue weighted by Gasteiger charge is -2.21. The molecular formula is C26H26Cl2N6O3. The molecule has 5 rings (SSSR count). The zero-order valence-corrected chi connectivity index (χ0v) is 22.1. The summed E-state index contributed by atoms with van der Waals surface area (Å²) in [4.78, 5) is 16.3. The van der Waals surface area contributed by atoms with Crippen LogP contribution in [0.25, 0.3) is 22.6 Å². The molecule has 1 aromatic carbocycles. The van der Waals surface area contributed by atoms with Crippen LogP contribution in [0.5, 0.6) is 5.75 Å². The van der Waals surface area contributed by atoms with E-state index in [-0.39, 0.29) is 6.61 Å². The Morgan fingerprint density at radius 3 is 2.76 bits per heavy atom. The number of aryl methyl sites for hydroxylation is 2. The molecule has 4 heterocycles. The largest absolute Gasteiger partial charge is 0.491 e. The summed E-state index contributed by atoms with van der Waals surface area (Å²) < 4.78 is 11.2. The van der Waals surface area contributed by atoms with Crippen LogP contribution in [0, 0.1) is 13.8 Å². The van der Waals surface area contributed by atoms with E-state index in [2.05, 4.69) is 20.4 Å². The standard InChI is InChI=1S/C26H26Cl2N6O3/c1-14-22(15(2)37-33-14)24-23(28)26(34-11-16-5-4-8-30-21(16)12-34)32-25(31-24)19-9-18(6-7-20(19)27)36-13-17(35)10-29-3/h4-9,17,29,35H,10-13H2,1-3H3. The molecule has 3 aromatic heterocycles. The van der Waals surface area contributed by atoms with Gasteiger partial charge in [0, 0.05) is 24.8 Å². The van der Waals surface area contributed by atoms with E-state index >= 15 is 0 Å². The molecule has 11 heteroatoms. The molecule has 192 valence electrons. The molecule has 37 heavy (non-hydrogen) atoms. The molecule has 0 fully saturated rings. The van der Waals surface area contributed by atoms with Crippen molar-refractivity contribution in [3.05, 3.63) is 69.3 Å². The van der Waals surface area contributed by atoms with Crippen LogP contribution in [0.4, 0.5) is 5.82 Å². The maximum atomic E-state index is 10.0. The van der Waals surface area contributed by atoms with Gasteiger partial charge in [-0.2, -0.15) is 0 Å². The highest BCUT2D eigenvalue weighted by atomic mass is 35.5. The topological polar surface area (TPSA) is 109 Å². The number of aromatic nitrogens is 4. The Bertz CT molecular complexity index is 1400. The molecule has 1 aliphatic heterocycles. The first-order chi connectivity index (χ1) is 17.9. The highest BCUT2D eigenvalue weighted by molar-refractivity contribution is 6.36. The predicted molar refractivity (Wildman–Crippen MR) is 142 cm³/mol. The summed E-state index contributed by atoms with van der Waals surface area (Å²) >= 11 is 13.6. The molecule has 0 aliphatic carbocycles. The number of fused-ring (bicyclic) bond motifs is 1. The smallest absolute Gasteiger partial charge is 0.163 e. The Morgan fingerprint density at radius 1 is 1.19 bits per heavy atom. The Balaban J connectivity index is 1.60. The van der Waals surface area contributed by atoms with E-state index in [0.717, 1.165) is 11.3 Å². The van der Waals surface area contributed by atoms with Crippen molar-refractivity contribution in [3.63, 3.8) is 0 Å². The third-order valence-electron chi connectivity index (χ3n) is 6.15. The van der Waals surface area contributed by atoms with Gasteiger partial charge < -0.3 is 24.6 Å². The first-order valence-corrected chi connectivity index (χ1v) is 12.5. The van der Waals surface area contributed by atoms with Gasteiger partial charge in [-0.25, -0.2) is 9.97 Å². The van der Waals surface area contributed by atoms with Crippen molar-refractivity contribution in [3.8, 4) is 28.4 Å². The van der Waals surface area contributed by atoms with Crippen molar-refractivity contribution in [2.75, 3.05) is 25.1 Å². The number of nitrogens with zero attached hydrogens (tertiary/aromatic N) is 5. The predicted octanol–water partition coefficient (Wildman–Crippen LogP) is 4.60. The Hall–Kier alpha value is -3.24. The van der Waals surface area contributed by atoms with Gasteiger partial charge in [-0.1, -0.05) is 34.4 Å². The molecule has 9 nitrogen and oxygen atoms in total. The van der Waals surface area contributed by atoms with Crippen LogP contribution in [0.2, 0.25) is 10.0 Å². The molecule has 0 bridgehead atoms. The third kappa shape index (κ3) is 5.13. The van der Waals surface area contributed by atoms with Gasteiger partial charge >= 0.3 is 0 Å². The van der Waals surface area contributed by atoms with Gasteiger partial charge in [0.05, 0.1) is 28.5 Å². The fraction of sp³-hybridized carbons (Fsp3) is 0.308. The van der Waals surface area contributed by atoms with Crippen LogP contribution in [0.1, 0.15) is 22.7 Å². The average molecular weight is 541 g/mol. The molecule has 0 amide bonds. The number of benzene rings is 1. The Labute approximate surface area is 224 Å². The Morgan fingerprint density at radius 2 is 2.03 bits per heavy atom. The van der Waals surface area contributed by atoms with Crippen LogP contribution in [0.3, 0.4) is 0 Å². The van der Waals surface area contributed by atoms with Crippen LogP contribution in [-0.4, -0.2) is 51.5 Å². The van der Waals surface area contributed by atoms with E-state index in [0.29, 0.717) is 75.3 Å². The minimum absolute atomic E-state index is 0.123. The van der Waals surface area contributed by atoms with Crippen LogP contribution < -0.4 is 15.0 Å². The van der Waals surface area contributed by atoms with Gasteiger partial charge in [-0.05, 0) is 50.7 Å². The minimum Gasteiger partial charge on any atom is -0.491 e. The molecular weight excluding hydrogens is 515 g/mol. The normalized spacial score (nSPS) is 13.6. The molecule has 0 spiro atoms. The number of hydrogen-bond donors (Lipinski definition) is 2. The number of hydrogen-bond acceptors (Lipinski definition) is 9. The van der Waals surface area contributed by atoms with E-state index < -0.39 is 6.10 Å². The lowest BCUT2D eigenvalue weighted by Crippen LogP contribution is -2.29. The molecule has 0 radical (unpaired) electrons. The molecule has 1 aliphatic rings. The van der Waals surface area contributed by atoms with Crippen molar-refractivity contribution in [1.29, 1.82) is 0 Å². The zero-order chi connectivity index (χ0) is 26.1. The second-order valence-electron chi connectivity index (χ2n) is 8.86. The molecule has 1 atom stereocenters. The molecule has 0 saturated carbocycles. The number of likely N-dealkylation sites (N-methyl/N-ethyl adjacent to an activating group) is 1. The van der Waals surface area contributed by atoms with Crippen LogP contribution in [-0.2, 0) is 13.1 Å². The molecule has 1 unspecified atom stereocenters. The number of anilines is 1. The first-order valence-electron chi connectivity index (χ1n) is 11.8. The maximum Gasteiger partial charge on any atom is 0.163 e. The molecule has 4 aromatic rings. The lowest BCUT2D eigenvalue weighted by atomic mass is 10.1. The summed E-state index contributed by atoms with van der Waals surface area (Å²) in [6, 6.07) is 9.20. The Kier molecular flexibility index (Phi) is 7.30. The van der Waals surface area contributed by atoms with Crippen LogP contribution in [0.15, 0.2) is 41.1 Å². The maximum absolute atomic E-state index is 10.0. The molecule has 2 N–H and O–H groups in total. The summed E-state index contributed by atoms with van der Waals surface area (Å²) in [5, 5.41) is 17.9. The van der Waals surface area contributed by atoms with Gasteiger partial charge in [-0.15, -0.1) is 0 Å². The second kappa shape index (κ2) is 10.6. The number of nitrogens with one attached hydrogen (secondary N) is 1. The number of aliphatic hydroxyl groups is 1. The fourth-order valence-electron chi connectivity index (χ4n) is 4.35. The average Bonchev–Trinajstić information content (AvgIpc) is 3.46. The van der Waals surface area contributed by atoms with Gasteiger partial charge in [-0.3, -0.25) is 4.98 Å². The van der Waals surface area contributed by atoms with E-state index in [9.17, 15) is 5.11 Å². The van der Waals surface area contributed by atoms with Gasteiger partial charge in [0.1, 0.15) is 34.9 Å². The molecule has 0 saturated heterocycles.